The Bertz CT molecular complexity index is 2070. The monoisotopic (exact) mass is 583 g/mol. The van der Waals surface area contributed by atoms with E-state index < -0.39 is 17.5 Å². The molecule has 5 nitrogen and oxygen atoms in total. The van der Waals surface area contributed by atoms with Gasteiger partial charge in [0.2, 0.25) is 0 Å². The Hall–Kier alpha value is -6.07. The van der Waals surface area contributed by atoms with Crippen molar-refractivity contribution < 1.29 is 13.2 Å². The van der Waals surface area contributed by atoms with Crippen LogP contribution in [-0.2, 0) is 0 Å². The van der Waals surface area contributed by atoms with Crippen LogP contribution in [0.1, 0.15) is 5.56 Å². The Morgan fingerprint density at radius 3 is 1.82 bits per heavy atom. The highest BCUT2D eigenvalue weighted by Crippen LogP contribution is 2.46. The Kier molecular flexibility index (Phi) is 7.21. The molecule has 6 rings (SSSR count). The minimum absolute atomic E-state index is 0.0801. The second-order valence-corrected chi connectivity index (χ2v) is 10.2. The van der Waals surface area contributed by atoms with E-state index in [4.69, 9.17) is 22.2 Å². The molecule has 0 fully saturated rings. The van der Waals surface area contributed by atoms with E-state index in [-0.39, 0.29) is 22.5 Å². The third-order valence-electron chi connectivity index (χ3n) is 7.42. The molecule has 214 valence electrons. The van der Waals surface area contributed by atoms with Gasteiger partial charge in [0.1, 0.15) is 23.5 Å². The van der Waals surface area contributed by atoms with Crippen molar-refractivity contribution in [2.75, 3.05) is 17.2 Å². The van der Waals surface area contributed by atoms with E-state index in [1.807, 2.05) is 30.3 Å². The molecule has 0 spiro atoms. The standard InChI is InChI=1S/C36H24F3N5/c37-23-10-6-20(7-11-23)25-16-26(31(42)18-29(25)39)27-17-32(43)35(28(19-40)34(27)22-8-12-24(38)13-9-22)36-30(41)14-15-33(44-36)21-4-2-1-3-5-21/h1-18H,41-43H2. The molecule has 0 saturated heterocycles. The average Bonchev–Trinajstić information content (AvgIpc) is 3.02. The van der Waals surface area contributed by atoms with Gasteiger partial charge in [-0.15, -0.1) is 0 Å². The number of hydrogen-bond acceptors (Lipinski definition) is 5. The quantitative estimate of drug-likeness (QED) is 0.176. The molecule has 0 radical (unpaired) electrons. The summed E-state index contributed by atoms with van der Waals surface area (Å²) in [6, 6.07) is 30.5. The van der Waals surface area contributed by atoms with Crippen molar-refractivity contribution in [3.8, 4) is 62.0 Å². The SMILES string of the molecule is N#Cc1c(-c2nc(-c3ccccc3)ccc2N)c(N)cc(-c2cc(-c3ccc(F)cc3)c(F)cc2N)c1-c1ccc(F)cc1. The van der Waals surface area contributed by atoms with E-state index >= 15 is 4.39 Å². The summed E-state index contributed by atoms with van der Waals surface area (Å²) in [6.07, 6.45) is 0. The fourth-order valence-electron chi connectivity index (χ4n) is 5.31. The molecule has 0 aliphatic heterocycles. The molecule has 0 bridgehead atoms. The highest BCUT2D eigenvalue weighted by molar-refractivity contribution is 6.01. The second kappa shape index (κ2) is 11.3. The van der Waals surface area contributed by atoms with Crippen LogP contribution in [-0.4, -0.2) is 4.98 Å². The molecule has 6 aromatic rings. The molecule has 0 atom stereocenters. The minimum Gasteiger partial charge on any atom is -0.398 e. The summed E-state index contributed by atoms with van der Waals surface area (Å²) in [5.74, 6) is -1.54. The summed E-state index contributed by atoms with van der Waals surface area (Å²) in [5.41, 5.74) is 24.5. The van der Waals surface area contributed by atoms with Gasteiger partial charge in [0.15, 0.2) is 0 Å². The number of halogens is 3. The first kappa shape index (κ1) is 28.1. The summed E-state index contributed by atoms with van der Waals surface area (Å²) < 4.78 is 42.9. The zero-order chi connectivity index (χ0) is 31.0. The average molecular weight is 584 g/mol. The van der Waals surface area contributed by atoms with Crippen LogP contribution in [0.25, 0.3) is 55.9 Å². The van der Waals surface area contributed by atoms with Crippen molar-refractivity contribution >= 4 is 17.1 Å². The number of anilines is 3. The molecule has 1 aromatic heterocycles. The van der Waals surface area contributed by atoms with E-state index in [0.29, 0.717) is 50.5 Å². The van der Waals surface area contributed by atoms with Crippen molar-refractivity contribution in [1.29, 1.82) is 5.26 Å². The third kappa shape index (κ3) is 5.08. The van der Waals surface area contributed by atoms with Crippen LogP contribution in [0.5, 0.6) is 0 Å². The Balaban J connectivity index is 1.66. The van der Waals surface area contributed by atoms with Gasteiger partial charge < -0.3 is 17.2 Å². The topological polar surface area (TPSA) is 115 Å². The summed E-state index contributed by atoms with van der Waals surface area (Å²) in [4.78, 5) is 4.80. The predicted octanol–water partition coefficient (Wildman–Crippen LogP) is 8.45. The van der Waals surface area contributed by atoms with Crippen LogP contribution in [0, 0.1) is 28.8 Å². The maximum Gasteiger partial charge on any atom is 0.133 e. The molecule has 0 unspecified atom stereocenters. The van der Waals surface area contributed by atoms with Gasteiger partial charge in [-0.2, -0.15) is 5.26 Å². The van der Waals surface area contributed by atoms with Crippen LogP contribution in [0.4, 0.5) is 30.2 Å². The van der Waals surface area contributed by atoms with Crippen molar-refractivity contribution in [1.82, 2.24) is 4.98 Å². The van der Waals surface area contributed by atoms with E-state index in [1.165, 1.54) is 60.7 Å². The fraction of sp³-hybridized carbons (Fsp3) is 0. The van der Waals surface area contributed by atoms with Crippen molar-refractivity contribution in [2.45, 2.75) is 0 Å². The van der Waals surface area contributed by atoms with E-state index in [0.717, 1.165) is 5.56 Å². The first-order chi connectivity index (χ1) is 21.2. The van der Waals surface area contributed by atoms with Crippen LogP contribution in [0.2, 0.25) is 0 Å². The van der Waals surface area contributed by atoms with Gasteiger partial charge in [-0.25, -0.2) is 18.2 Å². The van der Waals surface area contributed by atoms with Gasteiger partial charge in [0, 0.05) is 39.2 Å². The number of nitrogens with zero attached hydrogens (tertiary/aromatic N) is 2. The number of nitriles is 1. The molecule has 0 saturated carbocycles. The number of nitrogen functional groups attached to an aromatic ring is 3. The predicted molar refractivity (Wildman–Crippen MR) is 169 cm³/mol. The first-order valence-corrected chi connectivity index (χ1v) is 13.5. The molecule has 0 aliphatic rings. The van der Waals surface area contributed by atoms with Crippen molar-refractivity contribution in [2.24, 2.45) is 0 Å². The number of nitrogens with two attached hydrogens (primary N) is 3. The molecule has 6 N–H and O–H groups in total. The Morgan fingerprint density at radius 2 is 1.18 bits per heavy atom. The zero-order valence-corrected chi connectivity index (χ0v) is 23.2. The van der Waals surface area contributed by atoms with Crippen LogP contribution in [0.15, 0.2) is 109 Å². The highest BCUT2D eigenvalue weighted by atomic mass is 19.1. The number of pyridine rings is 1. The Labute approximate surface area is 251 Å². The lowest BCUT2D eigenvalue weighted by molar-refractivity contribution is 0.626. The van der Waals surface area contributed by atoms with Crippen LogP contribution >= 0.6 is 0 Å². The summed E-state index contributed by atoms with van der Waals surface area (Å²) in [5, 5.41) is 10.6. The smallest absolute Gasteiger partial charge is 0.133 e. The molecule has 44 heavy (non-hydrogen) atoms. The number of benzene rings is 5. The largest absolute Gasteiger partial charge is 0.398 e. The summed E-state index contributed by atoms with van der Waals surface area (Å²) in [6.45, 7) is 0. The van der Waals surface area contributed by atoms with Gasteiger partial charge in [-0.1, -0.05) is 54.6 Å². The highest BCUT2D eigenvalue weighted by Gasteiger charge is 2.25. The summed E-state index contributed by atoms with van der Waals surface area (Å²) >= 11 is 0. The summed E-state index contributed by atoms with van der Waals surface area (Å²) in [7, 11) is 0. The normalized spacial score (nSPS) is 10.9. The minimum atomic E-state index is -0.610. The fourth-order valence-corrected chi connectivity index (χ4v) is 5.31. The van der Waals surface area contributed by atoms with Gasteiger partial charge in [0.25, 0.3) is 0 Å². The van der Waals surface area contributed by atoms with Crippen molar-refractivity contribution in [3.05, 3.63) is 132 Å². The van der Waals surface area contributed by atoms with Crippen molar-refractivity contribution in [3.63, 3.8) is 0 Å². The van der Waals surface area contributed by atoms with E-state index in [2.05, 4.69) is 6.07 Å². The first-order valence-electron chi connectivity index (χ1n) is 13.5. The molecule has 0 aliphatic carbocycles. The van der Waals surface area contributed by atoms with Gasteiger partial charge >= 0.3 is 0 Å². The lowest BCUT2D eigenvalue weighted by Crippen LogP contribution is -2.05. The van der Waals surface area contributed by atoms with Gasteiger partial charge in [0.05, 0.1) is 22.6 Å². The van der Waals surface area contributed by atoms with Crippen LogP contribution in [0.3, 0.4) is 0 Å². The molecule has 5 aromatic carbocycles. The lowest BCUT2D eigenvalue weighted by Gasteiger charge is -2.21. The van der Waals surface area contributed by atoms with E-state index in [1.54, 1.807) is 18.2 Å². The number of rotatable bonds is 5. The maximum absolute atomic E-state index is 15.2. The van der Waals surface area contributed by atoms with E-state index in [9.17, 15) is 14.0 Å². The molecule has 0 amide bonds. The third-order valence-corrected chi connectivity index (χ3v) is 7.42. The Morgan fingerprint density at radius 1 is 0.545 bits per heavy atom. The molecular formula is C36H24F3N5. The van der Waals surface area contributed by atoms with Crippen LogP contribution < -0.4 is 17.2 Å². The molecule has 8 heteroatoms. The zero-order valence-electron chi connectivity index (χ0n) is 23.2. The molecular weight excluding hydrogens is 559 g/mol. The number of hydrogen-bond donors (Lipinski definition) is 3. The maximum atomic E-state index is 15.2. The van der Waals surface area contributed by atoms with Gasteiger partial charge in [-0.05, 0) is 71.3 Å². The second-order valence-electron chi connectivity index (χ2n) is 10.2. The number of aromatic nitrogens is 1. The molecule has 1 heterocycles. The lowest BCUT2D eigenvalue weighted by atomic mass is 9.84. The van der Waals surface area contributed by atoms with Gasteiger partial charge in [-0.3, -0.25) is 0 Å².